The molecule has 0 bridgehead atoms. The molecule has 0 spiro atoms. The molecule has 0 aromatic rings. The highest BCUT2D eigenvalue weighted by Crippen LogP contribution is 2.32. The highest BCUT2D eigenvalue weighted by molar-refractivity contribution is 5.87. The molecule has 0 aromatic heterocycles. The maximum absolute atomic E-state index is 12.3. The zero-order chi connectivity index (χ0) is 14.0. The Balaban J connectivity index is 2.01. The van der Waals surface area contributed by atoms with Crippen LogP contribution in [0.1, 0.15) is 39.0 Å². The second-order valence-corrected chi connectivity index (χ2v) is 5.63. The van der Waals surface area contributed by atoms with Crippen molar-refractivity contribution in [1.82, 2.24) is 10.2 Å². The fourth-order valence-electron chi connectivity index (χ4n) is 3.45. The molecule has 0 unspecified atom stereocenters. The summed E-state index contributed by atoms with van der Waals surface area (Å²) in [7, 11) is 0. The third kappa shape index (κ3) is 3.00. The van der Waals surface area contributed by atoms with E-state index in [9.17, 15) is 9.59 Å². The number of carbonyl (C=O) groups excluding carboxylic acids is 1. The Kier molecular flexibility index (Phi) is 4.29. The van der Waals surface area contributed by atoms with E-state index in [0.717, 1.165) is 25.7 Å². The first-order valence-electron chi connectivity index (χ1n) is 7.08. The maximum Gasteiger partial charge on any atom is 0.405 e. The minimum atomic E-state index is -1.13. The molecule has 1 saturated heterocycles. The van der Waals surface area contributed by atoms with Gasteiger partial charge in [0.15, 0.2) is 0 Å². The molecule has 2 fully saturated rings. The Morgan fingerprint density at radius 3 is 2.84 bits per heavy atom. The summed E-state index contributed by atoms with van der Waals surface area (Å²) in [5.41, 5.74) is 6.00. The van der Waals surface area contributed by atoms with Crippen molar-refractivity contribution in [1.29, 1.82) is 0 Å². The Morgan fingerprint density at radius 2 is 2.21 bits per heavy atom. The van der Waals surface area contributed by atoms with Crippen LogP contribution in [0.15, 0.2) is 0 Å². The summed E-state index contributed by atoms with van der Waals surface area (Å²) in [4.78, 5) is 24.8. The summed E-state index contributed by atoms with van der Waals surface area (Å²) < 4.78 is 0. The number of hydrogen-bond acceptors (Lipinski definition) is 3. The van der Waals surface area contributed by atoms with Crippen molar-refractivity contribution in [3.05, 3.63) is 0 Å². The van der Waals surface area contributed by atoms with Crippen LogP contribution in [0.2, 0.25) is 0 Å². The summed E-state index contributed by atoms with van der Waals surface area (Å²) in [6.07, 6.45) is 3.30. The van der Waals surface area contributed by atoms with Crippen molar-refractivity contribution in [2.45, 2.75) is 57.2 Å². The lowest BCUT2D eigenvalue weighted by Gasteiger charge is -2.40. The first-order chi connectivity index (χ1) is 9.02. The first kappa shape index (κ1) is 14.1. The van der Waals surface area contributed by atoms with Crippen molar-refractivity contribution in [2.24, 2.45) is 11.7 Å². The van der Waals surface area contributed by atoms with Gasteiger partial charge in [0, 0.05) is 18.6 Å². The number of nitrogens with zero attached hydrogens (tertiary/aromatic N) is 1. The summed E-state index contributed by atoms with van der Waals surface area (Å²) in [5.74, 6) is 0.373. The van der Waals surface area contributed by atoms with E-state index < -0.39 is 12.1 Å². The summed E-state index contributed by atoms with van der Waals surface area (Å²) >= 11 is 0. The van der Waals surface area contributed by atoms with Gasteiger partial charge in [-0.25, -0.2) is 4.79 Å². The zero-order valence-electron chi connectivity index (χ0n) is 11.3. The zero-order valence-corrected chi connectivity index (χ0v) is 11.3. The molecule has 1 aliphatic heterocycles. The molecule has 1 heterocycles. The largest absolute Gasteiger partial charge is 0.465 e. The molecule has 1 aliphatic carbocycles. The third-order valence-corrected chi connectivity index (χ3v) is 4.45. The molecule has 6 heteroatoms. The van der Waals surface area contributed by atoms with Gasteiger partial charge in [-0.15, -0.1) is 0 Å². The van der Waals surface area contributed by atoms with Crippen LogP contribution in [0.25, 0.3) is 0 Å². The van der Waals surface area contributed by atoms with Crippen LogP contribution in [-0.4, -0.2) is 46.7 Å². The van der Waals surface area contributed by atoms with Crippen LogP contribution >= 0.6 is 0 Å². The predicted octanol–water partition coefficient (Wildman–Crippen LogP) is 0.761. The summed E-state index contributed by atoms with van der Waals surface area (Å²) in [6, 6.07) is -0.0876. The third-order valence-electron chi connectivity index (χ3n) is 4.45. The summed E-state index contributed by atoms with van der Waals surface area (Å²) in [5, 5.41) is 11.0. The smallest absolute Gasteiger partial charge is 0.405 e. The maximum atomic E-state index is 12.3. The minimum Gasteiger partial charge on any atom is -0.465 e. The average molecular weight is 269 g/mol. The van der Waals surface area contributed by atoms with Gasteiger partial charge in [0.25, 0.3) is 0 Å². The predicted molar refractivity (Wildman–Crippen MR) is 70.7 cm³/mol. The molecule has 2 aliphatic rings. The number of hydrogen-bond donors (Lipinski definition) is 3. The van der Waals surface area contributed by atoms with Gasteiger partial charge >= 0.3 is 6.09 Å². The fourth-order valence-corrected chi connectivity index (χ4v) is 3.45. The van der Waals surface area contributed by atoms with Crippen molar-refractivity contribution >= 4 is 12.0 Å². The van der Waals surface area contributed by atoms with E-state index in [1.807, 2.05) is 4.90 Å². The van der Waals surface area contributed by atoms with Gasteiger partial charge in [0.1, 0.15) is 6.04 Å². The van der Waals surface area contributed by atoms with Gasteiger partial charge in [-0.05, 0) is 31.6 Å². The molecule has 108 valence electrons. The van der Waals surface area contributed by atoms with Crippen LogP contribution in [0.4, 0.5) is 4.79 Å². The van der Waals surface area contributed by atoms with Gasteiger partial charge in [0.2, 0.25) is 5.91 Å². The van der Waals surface area contributed by atoms with E-state index in [1.54, 1.807) is 0 Å². The lowest BCUT2D eigenvalue weighted by molar-refractivity contribution is -0.133. The SMILES string of the molecule is CC[C@@H]1C[C@H](N)CC[C@@H]1N1CC[C@H](NC(=O)O)C1=O. The van der Waals surface area contributed by atoms with Gasteiger partial charge in [0.05, 0.1) is 0 Å². The molecule has 1 saturated carbocycles. The number of nitrogens with two attached hydrogens (primary N) is 1. The van der Waals surface area contributed by atoms with E-state index in [-0.39, 0.29) is 18.0 Å². The Bertz CT molecular complexity index is 361. The summed E-state index contributed by atoms with van der Waals surface area (Å²) in [6.45, 7) is 2.78. The first-order valence-corrected chi connectivity index (χ1v) is 7.08. The van der Waals surface area contributed by atoms with Crippen LogP contribution in [0.5, 0.6) is 0 Å². The monoisotopic (exact) mass is 269 g/mol. The van der Waals surface area contributed by atoms with Gasteiger partial charge in [-0.2, -0.15) is 0 Å². The number of rotatable bonds is 3. The van der Waals surface area contributed by atoms with E-state index in [4.69, 9.17) is 10.8 Å². The number of amides is 2. The molecule has 4 N–H and O–H groups in total. The Hall–Kier alpha value is -1.30. The quantitative estimate of drug-likeness (QED) is 0.705. The molecular weight excluding hydrogens is 246 g/mol. The number of likely N-dealkylation sites (tertiary alicyclic amines) is 1. The van der Waals surface area contributed by atoms with E-state index in [1.165, 1.54) is 0 Å². The molecule has 0 aromatic carbocycles. The van der Waals surface area contributed by atoms with E-state index >= 15 is 0 Å². The normalized spacial score (nSPS) is 35.5. The number of nitrogens with one attached hydrogen (secondary N) is 1. The molecule has 6 nitrogen and oxygen atoms in total. The van der Waals surface area contributed by atoms with Crippen LogP contribution in [-0.2, 0) is 4.79 Å². The lowest BCUT2D eigenvalue weighted by atomic mass is 9.79. The molecular formula is C13H23N3O3. The topological polar surface area (TPSA) is 95.7 Å². The number of carboxylic acid groups (broad SMARTS) is 1. The molecule has 2 amide bonds. The van der Waals surface area contributed by atoms with E-state index in [0.29, 0.717) is 18.9 Å². The van der Waals surface area contributed by atoms with Gasteiger partial charge in [-0.1, -0.05) is 13.3 Å². The Morgan fingerprint density at radius 1 is 1.47 bits per heavy atom. The standard InChI is InChI=1S/C13H23N3O3/c1-2-8-7-9(14)3-4-11(8)16-6-5-10(12(16)17)15-13(18)19/h8-11,15H,2-7,14H2,1H3,(H,18,19)/t8-,9-,10+,11+/m1/s1. The van der Waals surface area contributed by atoms with Crippen molar-refractivity contribution in [3.8, 4) is 0 Å². The van der Waals surface area contributed by atoms with Crippen molar-refractivity contribution < 1.29 is 14.7 Å². The number of carbonyl (C=O) groups is 2. The average Bonchev–Trinajstić information content (AvgIpc) is 2.70. The second kappa shape index (κ2) is 5.77. The Labute approximate surface area is 113 Å². The second-order valence-electron chi connectivity index (χ2n) is 5.63. The van der Waals surface area contributed by atoms with E-state index in [2.05, 4.69) is 12.2 Å². The van der Waals surface area contributed by atoms with Crippen LogP contribution in [0, 0.1) is 5.92 Å². The van der Waals surface area contributed by atoms with Gasteiger partial charge in [-0.3, -0.25) is 4.79 Å². The molecule has 4 atom stereocenters. The van der Waals surface area contributed by atoms with Crippen LogP contribution in [0.3, 0.4) is 0 Å². The van der Waals surface area contributed by atoms with Crippen LogP contribution < -0.4 is 11.1 Å². The minimum absolute atomic E-state index is 0.0682. The molecule has 2 rings (SSSR count). The van der Waals surface area contributed by atoms with Crippen molar-refractivity contribution in [3.63, 3.8) is 0 Å². The lowest BCUT2D eigenvalue weighted by Crippen LogP contribution is -2.50. The highest BCUT2D eigenvalue weighted by Gasteiger charge is 2.40. The molecule has 0 radical (unpaired) electrons. The fraction of sp³-hybridized carbons (Fsp3) is 0.846. The molecule has 19 heavy (non-hydrogen) atoms. The highest BCUT2D eigenvalue weighted by atomic mass is 16.4. The van der Waals surface area contributed by atoms with Crippen molar-refractivity contribution in [2.75, 3.05) is 6.54 Å². The van der Waals surface area contributed by atoms with Gasteiger partial charge < -0.3 is 21.1 Å².